The van der Waals surface area contributed by atoms with Crippen molar-refractivity contribution < 1.29 is 17.9 Å². The minimum Gasteiger partial charge on any atom is -0.490 e. The van der Waals surface area contributed by atoms with Crippen molar-refractivity contribution in [3.8, 4) is 5.75 Å². The Labute approximate surface area is 201 Å². The molecule has 0 heterocycles. The maximum atomic E-state index is 12.4. The molecule has 32 heavy (non-hydrogen) atoms. The monoisotopic (exact) mass is 536 g/mol. The predicted octanol–water partition coefficient (Wildman–Crippen LogP) is 4.88. The predicted molar refractivity (Wildman–Crippen MR) is 131 cm³/mol. The lowest BCUT2D eigenvalue weighted by molar-refractivity contribution is 0.0947. The zero-order chi connectivity index (χ0) is 23.1. The van der Waals surface area contributed by atoms with E-state index in [2.05, 4.69) is 21.2 Å². The zero-order valence-corrected chi connectivity index (χ0v) is 20.5. The number of sulfonamides is 1. The second-order valence-corrected chi connectivity index (χ2v) is 10.2. The number of halogens is 2. The number of hydrogen-bond acceptors (Lipinski definition) is 4. The van der Waals surface area contributed by atoms with Crippen molar-refractivity contribution >= 4 is 49.1 Å². The van der Waals surface area contributed by atoms with E-state index in [1.54, 1.807) is 54.6 Å². The Morgan fingerprint density at radius 2 is 1.78 bits per heavy atom. The van der Waals surface area contributed by atoms with Gasteiger partial charge >= 0.3 is 0 Å². The summed E-state index contributed by atoms with van der Waals surface area (Å²) in [4.78, 5) is 12.4. The minimum atomic E-state index is -3.49. The highest BCUT2D eigenvalue weighted by atomic mass is 79.9. The van der Waals surface area contributed by atoms with Gasteiger partial charge < -0.3 is 10.1 Å². The van der Waals surface area contributed by atoms with Gasteiger partial charge in [-0.15, -0.1) is 0 Å². The summed E-state index contributed by atoms with van der Waals surface area (Å²) in [6.45, 7) is 0.753. The lowest BCUT2D eigenvalue weighted by Crippen LogP contribution is -2.29. The fourth-order valence-electron chi connectivity index (χ4n) is 2.95. The topological polar surface area (TPSA) is 75.7 Å². The van der Waals surface area contributed by atoms with E-state index in [4.69, 9.17) is 16.3 Å². The van der Waals surface area contributed by atoms with E-state index >= 15 is 0 Å². The molecule has 0 fully saturated rings. The van der Waals surface area contributed by atoms with Gasteiger partial charge in [-0.1, -0.05) is 57.9 Å². The van der Waals surface area contributed by atoms with E-state index < -0.39 is 10.0 Å². The molecule has 1 amide bonds. The molecule has 0 atom stereocenters. The molecular formula is C23H22BrClN2O4S. The van der Waals surface area contributed by atoms with Gasteiger partial charge in [-0.25, -0.2) is 8.42 Å². The molecule has 0 saturated heterocycles. The van der Waals surface area contributed by atoms with Gasteiger partial charge in [0.25, 0.3) is 5.91 Å². The van der Waals surface area contributed by atoms with Crippen molar-refractivity contribution in [2.75, 3.05) is 23.7 Å². The second-order valence-electron chi connectivity index (χ2n) is 6.98. The largest absolute Gasteiger partial charge is 0.490 e. The van der Waals surface area contributed by atoms with Crippen LogP contribution in [0.4, 0.5) is 5.69 Å². The van der Waals surface area contributed by atoms with Crippen LogP contribution in [0.25, 0.3) is 0 Å². The molecule has 6 nitrogen and oxygen atoms in total. The maximum Gasteiger partial charge on any atom is 0.251 e. The molecule has 3 aromatic carbocycles. The van der Waals surface area contributed by atoms with Gasteiger partial charge in [-0.2, -0.15) is 0 Å². The van der Waals surface area contributed by atoms with Gasteiger partial charge in [-0.05, 0) is 48.0 Å². The highest BCUT2D eigenvalue weighted by Crippen LogP contribution is 2.24. The summed E-state index contributed by atoms with van der Waals surface area (Å²) in [5.41, 5.74) is 1.79. The lowest BCUT2D eigenvalue weighted by atomic mass is 10.1. The number of ether oxygens (including phenoxy) is 1. The van der Waals surface area contributed by atoms with Crippen LogP contribution in [-0.2, 0) is 16.6 Å². The van der Waals surface area contributed by atoms with Crippen molar-refractivity contribution in [2.24, 2.45) is 0 Å². The fraction of sp³-hybridized carbons (Fsp3) is 0.174. The summed E-state index contributed by atoms with van der Waals surface area (Å²) in [5, 5.41) is 3.30. The van der Waals surface area contributed by atoms with Gasteiger partial charge in [0, 0.05) is 10.0 Å². The summed E-state index contributed by atoms with van der Waals surface area (Å²) >= 11 is 9.40. The molecule has 0 unspecified atom stereocenters. The zero-order valence-electron chi connectivity index (χ0n) is 17.3. The van der Waals surface area contributed by atoms with Crippen LogP contribution in [0.3, 0.4) is 0 Å². The number of carbonyl (C=O) groups is 1. The highest BCUT2D eigenvalue weighted by Gasteiger charge is 2.18. The molecule has 3 rings (SSSR count). The Balaban J connectivity index is 1.58. The number of benzene rings is 3. The number of hydrogen-bond donors (Lipinski definition) is 1. The molecule has 3 aromatic rings. The van der Waals surface area contributed by atoms with Gasteiger partial charge in [0.05, 0.1) is 30.1 Å². The van der Waals surface area contributed by atoms with E-state index in [0.29, 0.717) is 28.6 Å². The first-order valence-corrected chi connectivity index (χ1v) is 12.7. The Kier molecular flexibility index (Phi) is 8.17. The van der Waals surface area contributed by atoms with E-state index in [-0.39, 0.29) is 19.1 Å². The Bertz CT molecular complexity index is 1190. The fourth-order valence-corrected chi connectivity index (χ4v) is 4.41. The summed E-state index contributed by atoms with van der Waals surface area (Å²) in [6.07, 6.45) is 1.17. The quantitative estimate of drug-likeness (QED) is 0.395. The number of anilines is 1. The number of carbonyl (C=O) groups excluding carboxylic acids is 1. The summed E-state index contributed by atoms with van der Waals surface area (Å²) in [5.74, 6) is 0.319. The highest BCUT2D eigenvalue weighted by molar-refractivity contribution is 9.10. The van der Waals surface area contributed by atoms with Crippen LogP contribution in [0, 0.1) is 0 Å². The SMILES string of the molecule is CS(=O)(=O)N(Cc1ccc(C(=O)NCCOc2ccccc2Cl)cc1)c1cccc(Br)c1. The molecule has 0 aromatic heterocycles. The first-order valence-electron chi connectivity index (χ1n) is 9.72. The molecule has 0 spiro atoms. The normalized spacial score (nSPS) is 11.1. The standard InChI is InChI=1S/C23H22BrClN2O4S/c1-32(29,30)27(20-6-4-5-19(24)15-20)16-17-9-11-18(12-10-17)23(28)26-13-14-31-22-8-3-2-7-21(22)25/h2-12,15H,13-14,16H2,1H3,(H,26,28). The van der Waals surface area contributed by atoms with E-state index in [0.717, 1.165) is 10.0 Å². The number of amides is 1. The van der Waals surface area contributed by atoms with E-state index in [1.807, 2.05) is 18.2 Å². The third kappa shape index (κ3) is 6.72. The van der Waals surface area contributed by atoms with Crippen molar-refractivity contribution in [1.82, 2.24) is 5.32 Å². The van der Waals surface area contributed by atoms with Crippen LogP contribution in [-0.4, -0.2) is 33.7 Å². The smallest absolute Gasteiger partial charge is 0.251 e. The summed E-state index contributed by atoms with van der Waals surface area (Å²) < 4.78 is 32.3. The Hall–Kier alpha value is -2.55. The third-order valence-electron chi connectivity index (χ3n) is 4.52. The van der Waals surface area contributed by atoms with Crippen LogP contribution >= 0.6 is 27.5 Å². The summed E-state index contributed by atoms with van der Waals surface area (Å²) in [7, 11) is -3.49. The van der Waals surface area contributed by atoms with Gasteiger partial charge in [0.2, 0.25) is 10.0 Å². The molecule has 9 heteroatoms. The Morgan fingerprint density at radius 3 is 2.44 bits per heavy atom. The average Bonchev–Trinajstić information content (AvgIpc) is 2.75. The van der Waals surface area contributed by atoms with Crippen molar-refractivity contribution in [3.63, 3.8) is 0 Å². The molecule has 0 saturated carbocycles. The maximum absolute atomic E-state index is 12.4. The lowest BCUT2D eigenvalue weighted by Gasteiger charge is -2.23. The minimum absolute atomic E-state index is 0.156. The van der Waals surface area contributed by atoms with Crippen LogP contribution < -0.4 is 14.4 Å². The molecule has 168 valence electrons. The third-order valence-corrected chi connectivity index (χ3v) is 6.47. The van der Waals surface area contributed by atoms with E-state index in [1.165, 1.54) is 10.6 Å². The van der Waals surface area contributed by atoms with Crippen LogP contribution in [0.2, 0.25) is 5.02 Å². The average molecular weight is 538 g/mol. The molecule has 0 radical (unpaired) electrons. The van der Waals surface area contributed by atoms with Crippen LogP contribution in [0.5, 0.6) is 5.75 Å². The first kappa shape index (κ1) is 24.1. The number of para-hydroxylation sites is 1. The molecule has 0 aliphatic rings. The number of rotatable bonds is 9. The van der Waals surface area contributed by atoms with Crippen molar-refractivity contribution in [3.05, 3.63) is 93.4 Å². The molecule has 0 aliphatic heterocycles. The van der Waals surface area contributed by atoms with E-state index in [9.17, 15) is 13.2 Å². The van der Waals surface area contributed by atoms with Crippen molar-refractivity contribution in [2.45, 2.75) is 6.54 Å². The van der Waals surface area contributed by atoms with Crippen LogP contribution in [0.15, 0.2) is 77.3 Å². The number of nitrogens with one attached hydrogen (secondary N) is 1. The summed E-state index contributed by atoms with van der Waals surface area (Å²) in [6, 6.07) is 21.0. The first-order chi connectivity index (χ1) is 15.2. The molecule has 0 bridgehead atoms. The van der Waals surface area contributed by atoms with Crippen LogP contribution in [0.1, 0.15) is 15.9 Å². The van der Waals surface area contributed by atoms with Crippen molar-refractivity contribution in [1.29, 1.82) is 0 Å². The van der Waals surface area contributed by atoms with Gasteiger partial charge in [0.15, 0.2) is 0 Å². The molecule has 0 aliphatic carbocycles. The second kappa shape index (κ2) is 10.8. The molecular weight excluding hydrogens is 516 g/mol. The van der Waals surface area contributed by atoms with Gasteiger partial charge in [-0.3, -0.25) is 9.10 Å². The number of nitrogens with zero attached hydrogens (tertiary/aromatic N) is 1. The van der Waals surface area contributed by atoms with Gasteiger partial charge in [0.1, 0.15) is 12.4 Å². The molecule has 1 N–H and O–H groups in total. The Morgan fingerprint density at radius 1 is 1.06 bits per heavy atom.